The molecule has 15 heavy (non-hydrogen) atoms. The van der Waals surface area contributed by atoms with Crippen molar-refractivity contribution in [3.8, 4) is 0 Å². The molecule has 0 aliphatic carbocycles. The van der Waals surface area contributed by atoms with Gasteiger partial charge in [0.2, 0.25) is 5.78 Å². The van der Waals surface area contributed by atoms with E-state index in [2.05, 4.69) is 4.98 Å². The van der Waals surface area contributed by atoms with E-state index in [1.54, 1.807) is 24.4 Å². The zero-order valence-electron chi connectivity index (χ0n) is 8.45. The number of aromatic amines is 1. The summed E-state index contributed by atoms with van der Waals surface area (Å²) < 4.78 is 0. The Hall–Kier alpha value is -2.03. The molecule has 0 spiro atoms. The normalized spacial score (nSPS) is 10.2. The second-order valence-electron chi connectivity index (χ2n) is 3.55. The van der Waals surface area contributed by atoms with E-state index in [1.165, 1.54) is 0 Å². The Balaban J connectivity index is 2.42. The number of nitrogens with two attached hydrogens (primary N) is 1. The molecule has 3 heteroatoms. The van der Waals surface area contributed by atoms with Gasteiger partial charge in [-0.3, -0.25) is 4.79 Å². The fourth-order valence-corrected chi connectivity index (χ4v) is 1.57. The first-order valence-corrected chi connectivity index (χ1v) is 4.72. The summed E-state index contributed by atoms with van der Waals surface area (Å²) in [6.07, 6.45) is 1.73. The van der Waals surface area contributed by atoms with Gasteiger partial charge in [0.25, 0.3) is 0 Å². The van der Waals surface area contributed by atoms with Crippen LogP contribution in [0.2, 0.25) is 0 Å². The van der Waals surface area contributed by atoms with Crippen molar-refractivity contribution >= 4 is 11.5 Å². The molecule has 0 aliphatic rings. The molecular formula is C12H12N2O. The number of anilines is 1. The van der Waals surface area contributed by atoms with Crippen LogP contribution in [0.15, 0.2) is 36.5 Å². The fraction of sp³-hybridized carbons (Fsp3) is 0.0833. The Labute approximate surface area is 87.9 Å². The van der Waals surface area contributed by atoms with E-state index in [4.69, 9.17) is 5.73 Å². The molecule has 0 unspecified atom stereocenters. The largest absolute Gasteiger partial charge is 0.399 e. The van der Waals surface area contributed by atoms with Gasteiger partial charge in [-0.2, -0.15) is 0 Å². The Kier molecular flexibility index (Phi) is 2.29. The standard InChI is InChI=1S/C12H12N2O/c1-8-5-9(7-10(13)6-8)12(15)11-3-2-4-14-11/h2-7,14H,13H2,1H3. The van der Waals surface area contributed by atoms with Gasteiger partial charge in [-0.25, -0.2) is 0 Å². The molecule has 0 fully saturated rings. The number of carbonyl (C=O) groups excluding carboxylic acids is 1. The SMILES string of the molecule is Cc1cc(N)cc(C(=O)c2ccc[nH]2)c1. The van der Waals surface area contributed by atoms with Crippen LogP contribution in [0.5, 0.6) is 0 Å². The van der Waals surface area contributed by atoms with Crippen LogP contribution < -0.4 is 5.73 Å². The molecule has 0 saturated heterocycles. The molecule has 0 bridgehead atoms. The van der Waals surface area contributed by atoms with E-state index in [0.717, 1.165) is 5.56 Å². The van der Waals surface area contributed by atoms with Gasteiger partial charge in [-0.05, 0) is 42.8 Å². The highest BCUT2D eigenvalue weighted by Gasteiger charge is 2.10. The maximum Gasteiger partial charge on any atom is 0.209 e. The fourth-order valence-electron chi connectivity index (χ4n) is 1.57. The number of H-pyrrole nitrogens is 1. The van der Waals surface area contributed by atoms with Gasteiger partial charge < -0.3 is 10.7 Å². The zero-order valence-corrected chi connectivity index (χ0v) is 8.45. The number of hydrogen-bond acceptors (Lipinski definition) is 2. The van der Waals surface area contributed by atoms with E-state index in [-0.39, 0.29) is 5.78 Å². The predicted octanol–water partition coefficient (Wildman–Crippen LogP) is 2.14. The van der Waals surface area contributed by atoms with E-state index in [9.17, 15) is 4.79 Å². The van der Waals surface area contributed by atoms with Crippen LogP contribution in [0.1, 0.15) is 21.6 Å². The molecule has 1 aromatic carbocycles. The number of nitrogens with one attached hydrogen (secondary N) is 1. The van der Waals surface area contributed by atoms with E-state index in [1.807, 2.05) is 19.1 Å². The molecule has 0 radical (unpaired) electrons. The van der Waals surface area contributed by atoms with Crippen molar-refractivity contribution in [2.45, 2.75) is 6.92 Å². The Morgan fingerprint density at radius 2 is 2.13 bits per heavy atom. The third-order valence-corrected chi connectivity index (χ3v) is 2.20. The highest BCUT2D eigenvalue weighted by Crippen LogP contribution is 2.14. The van der Waals surface area contributed by atoms with Crippen molar-refractivity contribution < 1.29 is 4.79 Å². The molecule has 2 rings (SSSR count). The van der Waals surface area contributed by atoms with Crippen molar-refractivity contribution in [3.63, 3.8) is 0 Å². The number of rotatable bonds is 2. The molecule has 1 aromatic heterocycles. The summed E-state index contributed by atoms with van der Waals surface area (Å²) >= 11 is 0. The van der Waals surface area contributed by atoms with Crippen LogP contribution in [0.25, 0.3) is 0 Å². The van der Waals surface area contributed by atoms with Gasteiger partial charge in [0.1, 0.15) is 0 Å². The quantitative estimate of drug-likeness (QED) is 0.576. The van der Waals surface area contributed by atoms with Crippen LogP contribution in [-0.4, -0.2) is 10.8 Å². The molecule has 0 atom stereocenters. The van der Waals surface area contributed by atoms with Crippen LogP contribution in [0, 0.1) is 6.92 Å². The first-order valence-electron chi connectivity index (χ1n) is 4.72. The number of nitrogen functional groups attached to an aromatic ring is 1. The van der Waals surface area contributed by atoms with Crippen molar-refractivity contribution in [2.24, 2.45) is 0 Å². The van der Waals surface area contributed by atoms with E-state index in [0.29, 0.717) is 16.9 Å². The monoisotopic (exact) mass is 200 g/mol. The number of ketones is 1. The van der Waals surface area contributed by atoms with Crippen LogP contribution in [0.4, 0.5) is 5.69 Å². The lowest BCUT2D eigenvalue weighted by Crippen LogP contribution is -2.03. The van der Waals surface area contributed by atoms with Gasteiger partial charge in [-0.15, -0.1) is 0 Å². The summed E-state index contributed by atoms with van der Waals surface area (Å²) in [6.45, 7) is 1.92. The molecule has 3 N–H and O–H groups in total. The number of benzene rings is 1. The number of aryl methyl sites for hydroxylation is 1. The van der Waals surface area contributed by atoms with Crippen molar-refractivity contribution in [3.05, 3.63) is 53.3 Å². The highest BCUT2D eigenvalue weighted by molar-refractivity contribution is 6.08. The Morgan fingerprint density at radius 3 is 2.73 bits per heavy atom. The van der Waals surface area contributed by atoms with E-state index >= 15 is 0 Å². The molecule has 0 saturated carbocycles. The summed E-state index contributed by atoms with van der Waals surface area (Å²) in [4.78, 5) is 14.8. The van der Waals surface area contributed by atoms with Gasteiger partial charge in [0.05, 0.1) is 5.69 Å². The molecule has 3 nitrogen and oxygen atoms in total. The van der Waals surface area contributed by atoms with Crippen LogP contribution in [0.3, 0.4) is 0 Å². The summed E-state index contributed by atoms with van der Waals surface area (Å²) in [6, 6.07) is 8.91. The first kappa shape index (κ1) is 9.52. The number of carbonyl (C=O) groups is 1. The smallest absolute Gasteiger partial charge is 0.209 e. The minimum Gasteiger partial charge on any atom is -0.399 e. The number of aromatic nitrogens is 1. The van der Waals surface area contributed by atoms with Crippen molar-refractivity contribution in [2.75, 3.05) is 5.73 Å². The summed E-state index contributed by atoms with van der Waals surface area (Å²) in [5.41, 5.74) is 8.50. The van der Waals surface area contributed by atoms with Crippen molar-refractivity contribution in [1.29, 1.82) is 0 Å². The average molecular weight is 200 g/mol. The Morgan fingerprint density at radius 1 is 1.33 bits per heavy atom. The van der Waals surface area contributed by atoms with Crippen molar-refractivity contribution in [1.82, 2.24) is 4.98 Å². The van der Waals surface area contributed by atoms with Gasteiger partial charge in [0, 0.05) is 17.4 Å². The van der Waals surface area contributed by atoms with Gasteiger partial charge in [0.15, 0.2) is 0 Å². The van der Waals surface area contributed by atoms with Gasteiger partial charge in [-0.1, -0.05) is 0 Å². The summed E-state index contributed by atoms with van der Waals surface area (Å²) in [5.74, 6) is -0.0320. The predicted molar refractivity (Wildman–Crippen MR) is 59.8 cm³/mol. The lowest BCUT2D eigenvalue weighted by Gasteiger charge is -2.02. The summed E-state index contributed by atoms with van der Waals surface area (Å²) in [7, 11) is 0. The second-order valence-corrected chi connectivity index (χ2v) is 3.55. The van der Waals surface area contributed by atoms with Gasteiger partial charge >= 0.3 is 0 Å². The molecule has 0 aliphatic heterocycles. The summed E-state index contributed by atoms with van der Waals surface area (Å²) in [5, 5.41) is 0. The molecule has 2 aromatic rings. The zero-order chi connectivity index (χ0) is 10.8. The maximum absolute atomic E-state index is 11.9. The lowest BCUT2D eigenvalue weighted by atomic mass is 10.0. The second kappa shape index (κ2) is 3.61. The third kappa shape index (κ3) is 1.91. The van der Waals surface area contributed by atoms with E-state index < -0.39 is 0 Å². The Bertz CT molecular complexity index is 466. The third-order valence-electron chi connectivity index (χ3n) is 2.20. The molecule has 1 heterocycles. The first-order chi connectivity index (χ1) is 7.16. The topological polar surface area (TPSA) is 58.9 Å². The number of hydrogen-bond donors (Lipinski definition) is 2. The lowest BCUT2D eigenvalue weighted by molar-refractivity contribution is 0.103. The minimum atomic E-state index is -0.0320. The van der Waals surface area contributed by atoms with Crippen LogP contribution in [-0.2, 0) is 0 Å². The molecule has 0 amide bonds. The molecular weight excluding hydrogens is 188 g/mol. The minimum absolute atomic E-state index is 0.0320. The highest BCUT2D eigenvalue weighted by atomic mass is 16.1. The molecule has 76 valence electrons. The maximum atomic E-state index is 11.9. The average Bonchev–Trinajstić information content (AvgIpc) is 2.67. The van der Waals surface area contributed by atoms with Crippen LogP contribution >= 0.6 is 0 Å².